The summed E-state index contributed by atoms with van der Waals surface area (Å²) in [6.45, 7) is 0.835. The van der Waals surface area contributed by atoms with Crippen LogP contribution < -0.4 is 10.1 Å². The van der Waals surface area contributed by atoms with Crippen LogP contribution in [0.1, 0.15) is 37.3 Å². The number of methoxy groups -OCH3 is 1. The first-order valence-corrected chi connectivity index (χ1v) is 7.83. The Hall–Kier alpha value is -1.10. The number of likely N-dealkylation sites (N-methyl/N-ethyl adjacent to an activating group) is 1. The molecule has 118 valence electrons. The van der Waals surface area contributed by atoms with Gasteiger partial charge in [0.2, 0.25) is 0 Å². The fraction of sp³-hybridized carbons (Fsp3) is 0.647. The molecule has 0 aromatic heterocycles. The zero-order valence-electron chi connectivity index (χ0n) is 13.4. The molecular weight excluding hydrogens is 264 g/mol. The summed E-state index contributed by atoms with van der Waals surface area (Å²) in [6, 6.07) is 8.71. The summed E-state index contributed by atoms with van der Waals surface area (Å²) in [5.74, 6) is 0.886. The van der Waals surface area contributed by atoms with Gasteiger partial charge in [0, 0.05) is 18.6 Å². The van der Waals surface area contributed by atoms with E-state index in [0.29, 0.717) is 0 Å². The number of hydrogen-bond donors (Lipinski definition) is 2. The molecule has 1 saturated carbocycles. The van der Waals surface area contributed by atoms with Gasteiger partial charge in [0.25, 0.3) is 0 Å². The lowest BCUT2D eigenvalue weighted by molar-refractivity contribution is 0.0869. The standard InChI is InChI=1S/C17H28N2O2/c1-19(2)16(13-7-6-8-14(11-13)21-3)12-18-15-9-4-5-10-17(15)20/h6-8,11,15-18,20H,4-5,9-10,12H2,1-3H3/t15-,16?,17-/m0/s1. The molecule has 0 spiro atoms. The van der Waals surface area contributed by atoms with E-state index in [9.17, 15) is 5.11 Å². The molecule has 0 radical (unpaired) electrons. The molecule has 1 aromatic carbocycles. The monoisotopic (exact) mass is 292 g/mol. The van der Waals surface area contributed by atoms with Crippen LogP contribution in [0.25, 0.3) is 0 Å². The molecule has 2 N–H and O–H groups in total. The van der Waals surface area contributed by atoms with Crippen molar-refractivity contribution < 1.29 is 9.84 Å². The van der Waals surface area contributed by atoms with Crippen LogP contribution in [0.5, 0.6) is 5.75 Å². The van der Waals surface area contributed by atoms with E-state index in [1.54, 1.807) is 7.11 Å². The summed E-state index contributed by atoms with van der Waals surface area (Å²) in [5.41, 5.74) is 1.23. The fourth-order valence-corrected chi connectivity index (χ4v) is 3.06. The highest BCUT2D eigenvalue weighted by Gasteiger charge is 2.24. The Morgan fingerprint density at radius 3 is 2.76 bits per heavy atom. The van der Waals surface area contributed by atoms with Crippen molar-refractivity contribution in [1.29, 1.82) is 0 Å². The smallest absolute Gasteiger partial charge is 0.119 e. The van der Waals surface area contributed by atoms with Crippen molar-refractivity contribution in [2.75, 3.05) is 27.7 Å². The highest BCUT2D eigenvalue weighted by molar-refractivity contribution is 5.30. The Morgan fingerprint density at radius 2 is 2.10 bits per heavy atom. The topological polar surface area (TPSA) is 44.7 Å². The molecule has 1 aliphatic rings. The third-order valence-corrected chi connectivity index (χ3v) is 4.40. The van der Waals surface area contributed by atoms with E-state index in [2.05, 4.69) is 36.4 Å². The molecule has 0 saturated heterocycles. The van der Waals surface area contributed by atoms with E-state index in [1.165, 1.54) is 12.0 Å². The lowest BCUT2D eigenvalue weighted by atomic mass is 9.92. The fourth-order valence-electron chi connectivity index (χ4n) is 3.06. The van der Waals surface area contributed by atoms with E-state index in [-0.39, 0.29) is 18.2 Å². The number of hydrogen-bond acceptors (Lipinski definition) is 4. The second kappa shape index (κ2) is 7.78. The van der Waals surface area contributed by atoms with Crippen LogP contribution in [0.15, 0.2) is 24.3 Å². The average molecular weight is 292 g/mol. The summed E-state index contributed by atoms with van der Waals surface area (Å²) in [7, 11) is 5.87. The molecule has 1 unspecified atom stereocenters. The molecule has 4 heteroatoms. The Labute approximate surface area is 128 Å². The second-order valence-electron chi connectivity index (χ2n) is 6.12. The lowest BCUT2D eigenvalue weighted by Gasteiger charge is -2.32. The maximum Gasteiger partial charge on any atom is 0.119 e. The normalized spacial score (nSPS) is 24.0. The predicted molar refractivity (Wildman–Crippen MR) is 85.7 cm³/mol. The van der Waals surface area contributed by atoms with Crippen molar-refractivity contribution in [3.63, 3.8) is 0 Å². The molecule has 1 aromatic rings. The van der Waals surface area contributed by atoms with Gasteiger partial charge < -0.3 is 20.1 Å². The summed E-state index contributed by atoms with van der Waals surface area (Å²) in [5, 5.41) is 13.6. The number of benzene rings is 1. The molecule has 3 atom stereocenters. The highest BCUT2D eigenvalue weighted by atomic mass is 16.5. The molecule has 0 aliphatic heterocycles. The van der Waals surface area contributed by atoms with Crippen LogP contribution in [0.2, 0.25) is 0 Å². The number of nitrogens with one attached hydrogen (secondary N) is 1. The van der Waals surface area contributed by atoms with E-state index in [4.69, 9.17) is 4.74 Å². The Morgan fingerprint density at radius 1 is 1.33 bits per heavy atom. The van der Waals surface area contributed by atoms with Gasteiger partial charge >= 0.3 is 0 Å². The number of aliphatic hydroxyl groups is 1. The van der Waals surface area contributed by atoms with Gasteiger partial charge in [0.1, 0.15) is 5.75 Å². The maximum atomic E-state index is 10.1. The van der Waals surface area contributed by atoms with Crippen molar-refractivity contribution in [1.82, 2.24) is 10.2 Å². The number of aliphatic hydroxyl groups excluding tert-OH is 1. The minimum absolute atomic E-state index is 0.202. The van der Waals surface area contributed by atoms with Gasteiger partial charge in [-0.1, -0.05) is 25.0 Å². The zero-order chi connectivity index (χ0) is 15.2. The van der Waals surface area contributed by atoms with Gasteiger partial charge in [0.15, 0.2) is 0 Å². The first-order valence-electron chi connectivity index (χ1n) is 7.83. The molecular formula is C17H28N2O2. The van der Waals surface area contributed by atoms with Crippen LogP contribution in [0.4, 0.5) is 0 Å². The predicted octanol–water partition coefficient (Wildman–Crippen LogP) is 2.19. The number of nitrogens with zero attached hydrogens (tertiary/aromatic N) is 1. The minimum Gasteiger partial charge on any atom is -0.497 e. The molecule has 0 bridgehead atoms. The van der Waals surface area contributed by atoms with Gasteiger partial charge in [0.05, 0.1) is 13.2 Å². The number of ether oxygens (including phenoxy) is 1. The average Bonchev–Trinajstić information content (AvgIpc) is 2.49. The Bertz CT molecular complexity index is 437. The minimum atomic E-state index is -0.202. The zero-order valence-corrected chi connectivity index (χ0v) is 13.4. The lowest BCUT2D eigenvalue weighted by Crippen LogP contribution is -2.45. The van der Waals surface area contributed by atoms with Crippen molar-refractivity contribution >= 4 is 0 Å². The summed E-state index contributed by atoms with van der Waals surface area (Å²) < 4.78 is 5.32. The van der Waals surface area contributed by atoms with Crippen LogP contribution in [-0.2, 0) is 0 Å². The largest absolute Gasteiger partial charge is 0.497 e. The van der Waals surface area contributed by atoms with Crippen LogP contribution in [-0.4, -0.2) is 49.9 Å². The third-order valence-electron chi connectivity index (χ3n) is 4.40. The van der Waals surface area contributed by atoms with Crippen molar-refractivity contribution in [3.05, 3.63) is 29.8 Å². The summed E-state index contributed by atoms with van der Waals surface area (Å²) in [6.07, 6.45) is 4.14. The maximum absolute atomic E-state index is 10.1. The SMILES string of the molecule is COc1cccc(C(CN[C@H]2CCCC[C@@H]2O)N(C)C)c1. The van der Waals surface area contributed by atoms with Gasteiger partial charge in [-0.05, 0) is 44.6 Å². The Balaban J connectivity index is 2.01. The van der Waals surface area contributed by atoms with E-state index in [1.807, 2.05) is 12.1 Å². The Kier molecular flexibility index (Phi) is 6.03. The van der Waals surface area contributed by atoms with Gasteiger partial charge in [-0.25, -0.2) is 0 Å². The molecule has 21 heavy (non-hydrogen) atoms. The number of rotatable bonds is 6. The van der Waals surface area contributed by atoms with Crippen LogP contribution in [0, 0.1) is 0 Å². The van der Waals surface area contributed by atoms with Crippen LogP contribution in [0.3, 0.4) is 0 Å². The third kappa shape index (κ3) is 4.43. The quantitative estimate of drug-likeness (QED) is 0.843. The summed E-state index contributed by atoms with van der Waals surface area (Å²) >= 11 is 0. The second-order valence-corrected chi connectivity index (χ2v) is 6.12. The molecule has 0 amide bonds. The van der Waals surface area contributed by atoms with Gasteiger partial charge in [-0.2, -0.15) is 0 Å². The molecule has 0 heterocycles. The highest BCUT2D eigenvalue weighted by Crippen LogP contribution is 2.24. The van der Waals surface area contributed by atoms with Gasteiger partial charge in [-0.15, -0.1) is 0 Å². The van der Waals surface area contributed by atoms with E-state index in [0.717, 1.165) is 31.6 Å². The molecule has 2 rings (SSSR count). The first kappa shape index (κ1) is 16.3. The van der Waals surface area contributed by atoms with E-state index >= 15 is 0 Å². The molecule has 1 aliphatic carbocycles. The van der Waals surface area contributed by atoms with Crippen molar-refractivity contribution in [3.8, 4) is 5.75 Å². The van der Waals surface area contributed by atoms with E-state index < -0.39 is 0 Å². The van der Waals surface area contributed by atoms with Gasteiger partial charge in [-0.3, -0.25) is 0 Å². The van der Waals surface area contributed by atoms with Crippen molar-refractivity contribution in [2.45, 2.75) is 43.9 Å². The first-order chi connectivity index (χ1) is 10.1. The summed E-state index contributed by atoms with van der Waals surface area (Å²) in [4.78, 5) is 2.21. The van der Waals surface area contributed by atoms with Crippen molar-refractivity contribution in [2.24, 2.45) is 0 Å². The molecule has 4 nitrogen and oxygen atoms in total. The molecule has 1 fully saturated rings. The van der Waals surface area contributed by atoms with Crippen LogP contribution >= 0.6 is 0 Å².